The first-order chi connectivity index (χ1) is 16.2. The number of benzene rings is 2. The zero-order valence-corrected chi connectivity index (χ0v) is 22.2. The van der Waals surface area contributed by atoms with Crippen molar-refractivity contribution >= 4 is 11.3 Å². The average molecular weight is 450 g/mol. The number of quaternary nitrogens is 1. The number of allylic oxidation sites excluding steroid dienone is 1. The van der Waals surface area contributed by atoms with Crippen LogP contribution in [0, 0.1) is 0 Å². The van der Waals surface area contributed by atoms with Gasteiger partial charge < -0.3 is 11.1 Å². The lowest BCUT2D eigenvalue weighted by Gasteiger charge is -2.35. The van der Waals surface area contributed by atoms with Gasteiger partial charge >= 0.3 is 0 Å². The minimum Gasteiger partial charge on any atom is -0.325 e. The fourth-order valence-electron chi connectivity index (χ4n) is 5.48. The third kappa shape index (κ3) is 7.29. The molecule has 0 aliphatic heterocycles. The highest BCUT2D eigenvalue weighted by Crippen LogP contribution is 2.37. The quantitative estimate of drug-likeness (QED) is 0.480. The van der Waals surface area contributed by atoms with E-state index in [1.165, 1.54) is 61.6 Å². The highest BCUT2D eigenvalue weighted by molar-refractivity contribution is 5.74. The Kier molecular flexibility index (Phi) is 11.9. The molecule has 2 nitrogen and oxygen atoms in total. The monoisotopic (exact) mass is 449 g/mol. The number of aryl methyl sites for hydroxylation is 1. The van der Waals surface area contributed by atoms with Crippen LogP contribution < -0.4 is 11.1 Å². The molecule has 1 atom stereocenters. The van der Waals surface area contributed by atoms with E-state index in [9.17, 15) is 0 Å². The lowest BCUT2D eigenvalue weighted by Crippen LogP contribution is -2.42. The molecular formula is C31H49N2+. The number of nitrogens with one attached hydrogen (secondary N) is 1. The molecule has 2 aromatic rings. The van der Waals surface area contributed by atoms with Gasteiger partial charge in [-0.2, -0.15) is 0 Å². The van der Waals surface area contributed by atoms with E-state index in [1.54, 1.807) is 11.1 Å². The van der Waals surface area contributed by atoms with E-state index in [0.29, 0.717) is 12.1 Å². The Bertz CT molecular complexity index is 844. The molecule has 0 aromatic heterocycles. The molecule has 182 valence electrons. The SMILES string of the molecule is CC.CC.CCc1ccc([NH3+])cc1C1=C(C)C(NC2CCC(c3ccccc3)CC2)CCC1. The second kappa shape index (κ2) is 14.4. The van der Waals surface area contributed by atoms with E-state index >= 15 is 0 Å². The molecule has 0 amide bonds. The lowest BCUT2D eigenvalue weighted by molar-refractivity contribution is -0.254. The largest absolute Gasteiger partial charge is 0.325 e. The summed E-state index contributed by atoms with van der Waals surface area (Å²) in [6.07, 6.45) is 10.1. The second-order valence-corrected chi connectivity index (χ2v) is 9.08. The predicted molar refractivity (Wildman–Crippen MR) is 146 cm³/mol. The van der Waals surface area contributed by atoms with Crippen molar-refractivity contribution < 1.29 is 5.73 Å². The van der Waals surface area contributed by atoms with E-state index < -0.39 is 0 Å². The highest BCUT2D eigenvalue weighted by atomic mass is 15.0. The van der Waals surface area contributed by atoms with Gasteiger partial charge in [-0.05, 0) is 92.5 Å². The Balaban J connectivity index is 0.000000914. The van der Waals surface area contributed by atoms with Gasteiger partial charge in [-0.1, -0.05) is 76.6 Å². The molecule has 1 fully saturated rings. The maximum Gasteiger partial charge on any atom is 0.128 e. The van der Waals surface area contributed by atoms with Crippen molar-refractivity contribution in [2.75, 3.05) is 0 Å². The molecule has 2 aliphatic carbocycles. The zero-order chi connectivity index (χ0) is 24.2. The predicted octanol–water partition coefficient (Wildman–Crippen LogP) is 7.82. The van der Waals surface area contributed by atoms with E-state index in [0.717, 1.165) is 18.0 Å². The van der Waals surface area contributed by atoms with Gasteiger partial charge in [0.05, 0.1) is 0 Å². The summed E-state index contributed by atoms with van der Waals surface area (Å²) in [5.74, 6) is 0.750. The standard InChI is InChI=1S/C27H36N2.2C2H6/c1-3-20-12-15-23(28)18-26(20)25-10-7-11-27(19(25)2)29-24-16-13-22(14-17-24)21-8-5-4-6-9-21;2*1-2/h4-6,8-9,12,15,18,22,24,27,29H,3,7,10-11,13-14,16-17,28H2,1-2H3;2*1-2H3/p+1. The average Bonchev–Trinajstić information content (AvgIpc) is 2.89. The van der Waals surface area contributed by atoms with Gasteiger partial charge in [0.2, 0.25) is 0 Å². The minimum absolute atomic E-state index is 0.537. The van der Waals surface area contributed by atoms with Gasteiger partial charge in [-0.15, -0.1) is 0 Å². The molecule has 4 rings (SSSR count). The summed E-state index contributed by atoms with van der Waals surface area (Å²) >= 11 is 0. The summed E-state index contributed by atoms with van der Waals surface area (Å²) < 4.78 is 0. The first-order valence-electron chi connectivity index (χ1n) is 13.6. The van der Waals surface area contributed by atoms with Crippen LogP contribution in [-0.2, 0) is 6.42 Å². The Morgan fingerprint density at radius 1 is 0.879 bits per heavy atom. The molecule has 33 heavy (non-hydrogen) atoms. The summed E-state index contributed by atoms with van der Waals surface area (Å²) in [5.41, 5.74) is 12.9. The Hall–Kier alpha value is -1.90. The molecule has 1 saturated carbocycles. The van der Waals surface area contributed by atoms with E-state index in [1.807, 2.05) is 27.7 Å². The van der Waals surface area contributed by atoms with Crippen LogP contribution in [0.2, 0.25) is 0 Å². The first kappa shape index (κ1) is 27.3. The van der Waals surface area contributed by atoms with Crippen LogP contribution in [-0.4, -0.2) is 12.1 Å². The molecule has 2 aliphatic rings. The lowest BCUT2D eigenvalue weighted by atomic mass is 9.79. The summed E-state index contributed by atoms with van der Waals surface area (Å²) in [6, 6.07) is 19.1. The molecule has 0 radical (unpaired) electrons. The molecule has 4 N–H and O–H groups in total. The number of hydrogen-bond donors (Lipinski definition) is 2. The summed E-state index contributed by atoms with van der Waals surface area (Å²) in [4.78, 5) is 0. The fourth-order valence-corrected chi connectivity index (χ4v) is 5.48. The third-order valence-corrected chi connectivity index (χ3v) is 7.23. The molecule has 2 heteroatoms. The van der Waals surface area contributed by atoms with Crippen molar-refractivity contribution in [1.29, 1.82) is 0 Å². The van der Waals surface area contributed by atoms with Crippen molar-refractivity contribution in [3.63, 3.8) is 0 Å². The Morgan fingerprint density at radius 2 is 1.55 bits per heavy atom. The van der Waals surface area contributed by atoms with Gasteiger partial charge in [0.15, 0.2) is 0 Å². The summed E-state index contributed by atoms with van der Waals surface area (Å²) in [7, 11) is 0. The van der Waals surface area contributed by atoms with Crippen LogP contribution >= 0.6 is 0 Å². The van der Waals surface area contributed by atoms with E-state index in [-0.39, 0.29) is 0 Å². The van der Waals surface area contributed by atoms with Crippen molar-refractivity contribution in [1.82, 2.24) is 5.32 Å². The van der Waals surface area contributed by atoms with Gasteiger partial charge in [-0.3, -0.25) is 0 Å². The number of rotatable bonds is 5. The summed E-state index contributed by atoms with van der Waals surface area (Å²) in [6.45, 7) is 12.6. The van der Waals surface area contributed by atoms with E-state index in [4.69, 9.17) is 0 Å². The first-order valence-corrected chi connectivity index (χ1v) is 13.6. The van der Waals surface area contributed by atoms with Crippen LogP contribution in [0.5, 0.6) is 0 Å². The van der Waals surface area contributed by atoms with Crippen LogP contribution in [0.3, 0.4) is 0 Å². The van der Waals surface area contributed by atoms with Gasteiger partial charge in [0, 0.05) is 18.2 Å². The van der Waals surface area contributed by atoms with E-state index in [2.05, 4.69) is 73.4 Å². The number of hydrogen-bond acceptors (Lipinski definition) is 1. The van der Waals surface area contributed by atoms with Crippen molar-refractivity contribution in [2.45, 2.75) is 111 Å². The fraction of sp³-hybridized carbons (Fsp3) is 0.548. The normalized spacial score (nSPS) is 22.6. The molecule has 0 heterocycles. The minimum atomic E-state index is 0.537. The van der Waals surface area contributed by atoms with Gasteiger partial charge in [-0.25, -0.2) is 0 Å². The molecule has 1 unspecified atom stereocenters. The molecule has 0 bridgehead atoms. The third-order valence-electron chi connectivity index (χ3n) is 7.23. The van der Waals surface area contributed by atoms with Crippen molar-refractivity contribution in [3.05, 3.63) is 70.8 Å². The van der Waals surface area contributed by atoms with Gasteiger partial charge in [0.1, 0.15) is 5.69 Å². The van der Waals surface area contributed by atoms with Crippen LogP contribution in [0.1, 0.15) is 109 Å². The van der Waals surface area contributed by atoms with Crippen LogP contribution in [0.25, 0.3) is 5.57 Å². The topological polar surface area (TPSA) is 39.7 Å². The summed E-state index contributed by atoms with van der Waals surface area (Å²) in [5, 5.41) is 4.06. The molecule has 0 saturated heterocycles. The Morgan fingerprint density at radius 3 is 2.18 bits per heavy atom. The van der Waals surface area contributed by atoms with Gasteiger partial charge in [0.25, 0.3) is 0 Å². The maximum atomic E-state index is 4.18. The zero-order valence-electron chi connectivity index (χ0n) is 22.2. The van der Waals surface area contributed by atoms with Crippen LogP contribution in [0.4, 0.5) is 5.69 Å². The maximum absolute atomic E-state index is 4.18. The Labute approximate surface area is 204 Å². The molecular weight excluding hydrogens is 400 g/mol. The second-order valence-electron chi connectivity index (χ2n) is 9.08. The van der Waals surface area contributed by atoms with Crippen molar-refractivity contribution in [2.24, 2.45) is 0 Å². The molecule has 0 spiro atoms. The highest BCUT2D eigenvalue weighted by Gasteiger charge is 2.27. The smallest absolute Gasteiger partial charge is 0.128 e. The van der Waals surface area contributed by atoms with Crippen LogP contribution in [0.15, 0.2) is 54.1 Å². The molecule has 2 aromatic carbocycles. The van der Waals surface area contributed by atoms with Crippen molar-refractivity contribution in [3.8, 4) is 0 Å².